The highest BCUT2D eigenvalue weighted by atomic mass is 16.7. The number of ether oxygens (including phenoxy) is 1. The number of hydrogen-bond donors (Lipinski definition) is 0. The predicted octanol–water partition coefficient (Wildman–Crippen LogP) is 1.73. The summed E-state index contributed by atoms with van der Waals surface area (Å²) in [6.45, 7) is 0. The molecule has 16 heavy (non-hydrogen) atoms. The van der Waals surface area contributed by atoms with E-state index in [0.717, 1.165) is 16.4 Å². The number of hydroxylamine groups is 2. The van der Waals surface area contributed by atoms with Gasteiger partial charge in [-0.3, -0.25) is 9.63 Å². The minimum absolute atomic E-state index is 0.210. The van der Waals surface area contributed by atoms with E-state index in [0.29, 0.717) is 0 Å². The number of benzene rings is 1. The van der Waals surface area contributed by atoms with Gasteiger partial charge in [0.2, 0.25) is 0 Å². The first-order valence-corrected chi connectivity index (χ1v) is 4.81. The van der Waals surface area contributed by atoms with Gasteiger partial charge in [-0.15, -0.1) is 0 Å². The van der Waals surface area contributed by atoms with Gasteiger partial charge in [0.25, 0.3) is 5.91 Å². The Labute approximate surface area is 95.0 Å². The normalized spacial score (nSPS) is 10.4. The van der Waals surface area contributed by atoms with Crippen molar-refractivity contribution in [3.63, 3.8) is 0 Å². The zero-order chi connectivity index (χ0) is 12.0. The second kappa shape index (κ2) is 5.92. The first kappa shape index (κ1) is 12.3. The summed E-state index contributed by atoms with van der Waals surface area (Å²) < 4.78 is 5.03. The smallest absolute Gasteiger partial charge is 0.269 e. The summed E-state index contributed by atoms with van der Waals surface area (Å²) in [4.78, 5) is 16.1. The highest BCUT2D eigenvalue weighted by Crippen LogP contribution is 2.12. The molecule has 1 amide bonds. The van der Waals surface area contributed by atoms with Crippen molar-refractivity contribution in [1.29, 1.82) is 0 Å². The van der Waals surface area contributed by atoms with Gasteiger partial charge in [-0.25, -0.2) is 5.06 Å². The summed E-state index contributed by atoms with van der Waals surface area (Å²) in [7, 11) is 4.61. The molecular formula is C12H15NO3. The lowest BCUT2D eigenvalue weighted by atomic mass is 10.2. The molecule has 0 unspecified atom stereocenters. The molecule has 4 heteroatoms. The van der Waals surface area contributed by atoms with E-state index >= 15 is 0 Å². The van der Waals surface area contributed by atoms with E-state index in [2.05, 4.69) is 0 Å². The van der Waals surface area contributed by atoms with Gasteiger partial charge in [0, 0.05) is 13.1 Å². The van der Waals surface area contributed by atoms with Gasteiger partial charge in [-0.1, -0.05) is 12.1 Å². The van der Waals surface area contributed by atoms with E-state index in [1.54, 1.807) is 20.2 Å². The molecule has 0 aliphatic rings. The molecule has 4 nitrogen and oxygen atoms in total. The quantitative estimate of drug-likeness (QED) is 0.574. The maximum Gasteiger partial charge on any atom is 0.269 e. The Morgan fingerprint density at radius 3 is 2.38 bits per heavy atom. The molecule has 0 aromatic heterocycles. The van der Waals surface area contributed by atoms with Crippen molar-refractivity contribution in [2.45, 2.75) is 0 Å². The topological polar surface area (TPSA) is 38.8 Å². The Kier molecular flexibility index (Phi) is 4.54. The van der Waals surface area contributed by atoms with Gasteiger partial charge in [-0.2, -0.15) is 0 Å². The Bertz CT molecular complexity index is 370. The third kappa shape index (κ3) is 3.40. The van der Waals surface area contributed by atoms with Gasteiger partial charge in [0.1, 0.15) is 5.75 Å². The molecule has 1 aromatic rings. The largest absolute Gasteiger partial charge is 0.497 e. The molecule has 0 N–H and O–H groups in total. The molecule has 1 aromatic carbocycles. The number of hydrogen-bond acceptors (Lipinski definition) is 3. The molecule has 0 aliphatic heterocycles. The zero-order valence-electron chi connectivity index (χ0n) is 9.64. The van der Waals surface area contributed by atoms with Crippen molar-refractivity contribution < 1.29 is 14.4 Å². The molecule has 1 rings (SSSR count). The summed E-state index contributed by atoms with van der Waals surface area (Å²) in [5.74, 6) is 0.579. The van der Waals surface area contributed by atoms with Crippen LogP contribution in [0.25, 0.3) is 6.08 Å². The van der Waals surface area contributed by atoms with Crippen molar-refractivity contribution in [1.82, 2.24) is 5.06 Å². The standard InChI is InChI=1S/C12H15NO3/c1-13(16-3)12(14)9-6-10-4-7-11(15-2)8-5-10/h4-9H,1-3H3. The van der Waals surface area contributed by atoms with E-state index in [1.165, 1.54) is 13.2 Å². The van der Waals surface area contributed by atoms with Crippen molar-refractivity contribution in [3.8, 4) is 5.75 Å². The fourth-order valence-electron chi connectivity index (χ4n) is 1.08. The van der Waals surface area contributed by atoms with Gasteiger partial charge < -0.3 is 4.74 Å². The second-order valence-electron chi connectivity index (χ2n) is 3.12. The number of amides is 1. The summed E-state index contributed by atoms with van der Waals surface area (Å²) in [5, 5.41) is 1.15. The molecule has 0 heterocycles. The van der Waals surface area contributed by atoms with Crippen LogP contribution in [0.5, 0.6) is 5.75 Å². The first-order valence-electron chi connectivity index (χ1n) is 4.81. The number of methoxy groups -OCH3 is 1. The summed E-state index contributed by atoms with van der Waals surface area (Å²) in [5.41, 5.74) is 0.929. The number of carbonyl (C=O) groups is 1. The molecule has 0 radical (unpaired) electrons. The minimum Gasteiger partial charge on any atom is -0.497 e. The SMILES string of the molecule is COc1ccc(C=CC(=O)N(C)OC)cc1. The third-order valence-corrected chi connectivity index (χ3v) is 2.12. The summed E-state index contributed by atoms with van der Waals surface area (Å²) in [6.07, 6.45) is 3.17. The van der Waals surface area contributed by atoms with Crippen molar-refractivity contribution in [3.05, 3.63) is 35.9 Å². The highest BCUT2D eigenvalue weighted by molar-refractivity contribution is 5.90. The van der Waals surface area contributed by atoms with Gasteiger partial charge >= 0.3 is 0 Å². The second-order valence-corrected chi connectivity index (χ2v) is 3.12. The average Bonchev–Trinajstić information content (AvgIpc) is 2.35. The van der Waals surface area contributed by atoms with Crippen molar-refractivity contribution in [2.24, 2.45) is 0 Å². The molecule has 0 aliphatic carbocycles. The van der Waals surface area contributed by atoms with Crippen LogP contribution >= 0.6 is 0 Å². The minimum atomic E-state index is -0.210. The average molecular weight is 221 g/mol. The van der Waals surface area contributed by atoms with Gasteiger partial charge in [-0.05, 0) is 23.8 Å². The Hall–Kier alpha value is -1.81. The van der Waals surface area contributed by atoms with Gasteiger partial charge in [0.15, 0.2) is 0 Å². The Morgan fingerprint density at radius 1 is 1.25 bits per heavy atom. The fraction of sp³-hybridized carbons (Fsp3) is 0.250. The molecule has 0 bridgehead atoms. The molecule has 0 fully saturated rings. The van der Waals surface area contributed by atoms with E-state index in [4.69, 9.17) is 9.57 Å². The monoisotopic (exact) mass is 221 g/mol. The Morgan fingerprint density at radius 2 is 1.88 bits per heavy atom. The first-order chi connectivity index (χ1) is 7.67. The van der Waals surface area contributed by atoms with E-state index in [1.807, 2.05) is 24.3 Å². The summed E-state index contributed by atoms with van der Waals surface area (Å²) >= 11 is 0. The molecule has 0 atom stereocenters. The number of likely N-dealkylation sites (N-methyl/N-ethyl adjacent to an activating group) is 1. The van der Waals surface area contributed by atoms with Crippen LogP contribution < -0.4 is 4.74 Å². The third-order valence-electron chi connectivity index (χ3n) is 2.12. The van der Waals surface area contributed by atoms with E-state index < -0.39 is 0 Å². The van der Waals surface area contributed by atoms with E-state index in [9.17, 15) is 4.79 Å². The van der Waals surface area contributed by atoms with E-state index in [-0.39, 0.29) is 5.91 Å². The lowest BCUT2D eigenvalue weighted by molar-refractivity contribution is -0.162. The fourth-order valence-corrected chi connectivity index (χ4v) is 1.08. The van der Waals surface area contributed by atoms with Crippen LogP contribution in [-0.4, -0.2) is 32.2 Å². The van der Waals surface area contributed by atoms with Crippen LogP contribution in [-0.2, 0) is 9.63 Å². The lowest BCUT2D eigenvalue weighted by Gasteiger charge is -2.09. The van der Waals surface area contributed by atoms with Crippen molar-refractivity contribution >= 4 is 12.0 Å². The Balaban J connectivity index is 2.65. The van der Waals surface area contributed by atoms with Crippen LogP contribution in [0, 0.1) is 0 Å². The molecular weight excluding hydrogens is 206 g/mol. The maximum atomic E-state index is 11.4. The van der Waals surface area contributed by atoms with Crippen LogP contribution in [0.3, 0.4) is 0 Å². The molecule has 0 saturated carbocycles. The van der Waals surface area contributed by atoms with Gasteiger partial charge in [0.05, 0.1) is 14.2 Å². The molecule has 86 valence electrons. The molecule has 0 spiro atoms. The van der Waals surface area contributed by atoms with Crippen LogP contribution in [0.4, 0.5) is 0 Å². The zero-order valence-corrected chi connectivity index (χ0v) is 9.64. The van der Waals surface area contributed by atoms with Crippen molar-refractivity contribution in [2.75, 3.05) is 21.3 Å². The van der Waals surface area contributed by atoms with Crippen LogP contribution in [0.2, 0.25) is 0 Å². The molecule has 0 saturated heterocycles. The van der Waals surface area contributed by atoms with Crippen LogP contribution in [0.1, 0.15) is 5.56 Å². The predicted molar refractivity (Wildman–Crippen MR) is 61.8 cm³/mol. The van der Waals surface area contributed by atoms with Crippen LogP contribution in [0.15, 0.2) is 30.3 Å². The summed E-state index contributed by atoms with van der Waals surface area (Å²) in [6, 6.07) is 7.42. The lowest BCUT2D eigenvalue weighted by Crippen LogP contribution is -2.22. The number of nitrogens with zero attached hydrogens (tertiary/aromatic N) is 1. The number of rotatable bonds is 4. The number of carbonyl (C=O) groups excluding carboxylic acids is 1. The maximum absolute atomic E-state index is 11.4. The highest BCUT2D eigenvalue weighted by Gasteiger charge is 2.01.